The van der Waals surface area contributed by atoms with Crippen LogP contribution in [0.4, 0.5) is 0 Å². The summed E-state index contributed by atoms with van der Waals surface area (Å²) in [6, 6.07) is 4.02. The van der Waals surface area contributed by atoms with E-state index in [1.807, 2.05) is 24.5 Å². The van der Waals surface area contributed by atoms with Crippen molar-refractivity contribution in [2.45, 2.75) is 6.42 Å². The first kappa shape index (κ1) is 13.5. The maximum absolute atomic E-state index is 12.1. The topological polar surface area (TPSA) is 67.8 Å². The molecule has 0 amide bonds. The van der Waals surface area contributed by atoms with Gasteiger partial charge in [-0.05, 0) is 17.5 Å². The zero-order valence-electron chi connectivity index (χ0n) is 11.8. The van der Waals surface area contributed by atoms with Crippen LogP contribution in [0.15, 0.2) is 36.2 Å². The summed E-state index contributed by atoms with van der Waals surface area (Å²) >= 11 is 1.56. The van der Waals surface area contributed by atoms with Crippen molar-refractivity contribution in [3.05, 3.63) is 41.9 Å². The van der Waals surface area contributed by atoms with Crippen LogP contribution in [0.25, 0.3) is 21.3 Å². The van der Waals surface area contributed by atoms with Crippen molar-refractivity contribution in [2.75, 3.05) is 13.1 Å². The van der Waals surface area contributed by atoms with E-state index >= 15 is 0 Å². The van der Waals surface area contributed by atoms with E-state index in [-0.39, 0.29) is 11.7 Å². The normalized spacial score (nSPS) is 14.9. The van der Waals surface area contributed by atoms with Gasteiger partial charge in [-0.3, -0.25) is 19.7 Å². The SMILES string of the molecule is O=C(Cc1cc2cc(-c3cncs3)ncc2cn1)C1CNC1. The first-order valence-corrected chi connectivity index (χ1v) is 8.04. The second kappa shape index (κ2) is 5.55. The molecule has 0 aliphatic carbocycles. The minimum absolute atomic E-state index is 0.155. The molecule has 1 fully saturated rings. The molecule has 3 aromatic heterocycles. The molecule has 1 aliphatic heterocycles. The first-order chi connectivity index (χ1) is 10.8. The molecule has 0 atom stereocenters. The minimum Gasteiger partial charge on any atom is -0.315 e. The molecule has 5 nitrogen and oxygen atoms in total. The third-order valence-corrected chi connectivity index (χ3v) is 4.73. The fourth-order valence-corrected chi connectivity index (χ4v) is 3.09. The molecule has 4 rings (SSSR count). The van der Waals surface area contributed by atoms with Gasteiger partial charge in [0.25, 0.3) is 0 Å². The van der Waals surface area contributed by atoms with Crippen molar-refractivity contribution < 1.29 is 4.79 Å². The molecule has 1 aliphatic rings. The molecule has 0 spiro atoms. The Morgan fingerprint density at radius 2 is 2.05 bits per heavy atom. The number of carbonyl (C=O) groups excluding carboxylic acids is 1. The van der Waals surface area contributed by atoms with E-state index in [0.717, 1.165) is 40.1 Å². The summed E-state index contributed by atoms with van der Waals surface area (Å²) in [7, 11) is 0. The van der Waals surface area contributed by atoms with Crippen LogP contribution in [0.1, 0.15) is 5.69 Å². The molecule has 1 saturated heterocycles. The van der Waals surface area contributed by atoms with Crippen LogP contribution in [0, 0.1) is 5.92 Å². The molecule has 6 heteroatoms. The van der Waals surface area contributed by atoms with Crippen LogP contribution in [0.2, 0.25) is 0 Å². The van der Waals surface area contributed by atoms with E-state index in [2.05, 4.69) is 20.3 Å². The van der Waals surface area contributed by atoms with Crippen molar-refractivity contribution >= 4 is 27.9 Å². The van der Waals surface area contributed by atoms with Crippen molar-refractivity contribution in [2.24, 2.45) is 5.92 Å². The maximum Gasteiger partial charge on any atom is 0.144 e. The molecule has 4 heterocycles. The summed E-state index contributed by atoms with van der Waals surface area (Å²) in [6.45, 7) is 1.59. The summed E-state index contributed by atoms with van der Waals surface area (Å²) in [5, 5.41) is 5.17. The van der Waals surface area contributed by atoms with Gasteiger partial charge in [0, 0.05) is 55.1 Å². The highest BCUT2D eigenvalue weighted by Crippen LogP contribution is 2.25. The van der Waals surface area contributed by atoms with Crippen LogP contribution in [0.3, 0.4) is 0 Å². The summed E-state index contributed by atoms with van der Waals surface area (Å²) in [4.78, 5) is 26.0. The maximum atomic E-state index is 12.1. The summed E-state index contributed by atoms with van der Waals surface area (Å²) in [5.41, 5.74) is 3.53. The number of hydrogen-bond donors (Lipinski definition) is 1. The summed E-state index contributed by atoms with van der Waals surface area (Å²) in [6.07, 6.45) is 5.83. The Hall–Kier alpha value is -2.18. The van der Waals surface area contributed by atoms with E-state index < -0.39 is 0 Å². The van der Waals surface area contributed by atoms with Crippen LogP contribution >= 0.6 is 11.3 Å². The molecule has 3 aromatic rings. The molecule has 110 valence electrons. The zero-order chi connectivity index (χ0) is 14.9. The van der Waals surface area contributed by atoms with E-state index in [1.165, 1.54) is 0 Å². The van der Waals surface area contributed by atoms with Gasteiger partial charge in [0.2, 0.25) is 0 Å². The molecule has 0 aromatic carbocycles. The monoisotopic (exact) mass is 310 g/mol. The van der Waals surface area contributed by atoms with Crippen LogP contribution < -0.4 is 5.32 Å². The Labute approximate surface area is 131 Å². The Bertz CT molecular complexity index is 827. The van der Waals surface area contributed by atoms with Gasteiger partial charge < -0.3 is 5.32 Å². The first-order valence-electron chi connectivity index (χ1n) is 7.16. The van der Waals surface area contributed by atoms with Crippen molar-refractivity contribution in [3.8, 4) is 10.6 Å². The van der Waals surface area contributed by atoms with E-state index in [9.17, 15) is 4.79 Å². The van der Waals surface area contributed by atoms with E-state index in [4.69, 9.17) is 0 Å². The number of aromatic nitrogens is 3. The van der Waals surface area contributed by atoms with Crippen molar-refractivity contribution in [1.29, 1.82) is 0 Å². The average molecular weight is 310 g/mol. The second-order valence-electron chi connectivity index (χ2n) is 5.46. The van der Waals surface area contributed by atoms with Gasteiger partial charge in [0.15, 0.2) is 0 Å². The Morgan fingerprint density at radius 3 is 2.77 bits per heavy atom. The summed E-state index contributed by atoms with van der Waals surface area (Å²) < 4.78 is 0. The number of nitrogens with zero attached hydrogens (tertiary/aromatic N) is 3. The molecule has 22 heavy (non-hydrogen) atoms. The number of hydrogen-bond acceptors (Lipinski definition) is 6. The lowest BCUT2D eigenvalue weighted by Gasteiger charge is -2.25. The lowest BCUT2D eigenvalue weighted by molar-refractivity contribution is -0.123. The third kappa shape index (κ3) is 2.51. The Kier molecular flexibility index (Phi) is 3.40. The fraction of sp³-hybridized carbons (Fsp3) is 0.250. The van der Waals surface area contributed by atoms with Gasteiger partial charge in [-0.15, -0.1) is 11.3 Å². The molecule has 0 unspecified atom stereocenters. The van der Waals surface area contributed by atoms with Crippen molar-refractivity contribution in [3.63, 3.8) is 0 Å². The predicted molar refractivity (Wildman–Crippen MR) is 85.7 cm³/mol. The number of thiazole rings is 1. The molecular formula is C16H14N4OS. The lowest BCUT2D eigenvalue weighted by atomic mass is 9.94. The van der Waals surface area contributed by atoms with Gasteiger partial charge in [0.1, 0.15) is 5.78 Å². The highest BCUT2D eigenvalue weighted by Gasteiger charge is 2.24. The molecule has 0 bridgehead atoms. The number of ketones is 1. The molecule has 1 N–H and O–H groups in total. The highest BCUT2D eigenvalue weighted by molar-refractivity contribution is 7.13. The van der Waals surface area contributed by atoms with Gasteiger partial charge in [-0.2, -0.15) is 0 Å². The Balaban J connectivity index is 1.65. The number of pyridine rings is 2. The van der Waals surface area contributed by atoms with Gasteiger partial charge in [-0.25, -0.2) is 0 Å². The number of rotatable bonds is 4. The third-order valence-electron chi connectivity index (χ3n) is 3.94. The largest absolute Gasteiger partial charge is 0.315 e. The number of carbonyl (C=O) groups is 1. The van der Waals surface area contributed by atoms with Crippen LogP contribution in [-0.2, 0) is 11.2 Å². The van der Waals surface area contributed by atoms with Crippen LogP contribution in [-0.4, -0.2) is 33.8 Å². The van der Waals surface area contributed by atoms with E-state index in [0.29, 0.717) is 6.42 Å². The quantitative estimate of drug-likeness (QED) is 0.799. The summed E-state index contributed by atoms with van der Waals surface area (Å²) in [5.74, 6) is 0.421. The fourth-order valence-electron chi connectivity index (χ4n) is 2.50. The standard InChI is InChI=1S/C16H14N4OS/c21-15(12-4-17-5-12)3-13-1-10-2-14(16-8-18-9-22-16)20-7-11(10)6-19-13/h1-2,6-9,12,17H,3-5H2. The second-order valence-corrected chi connectivity index (χ2v) is 6.34. The predicted octanol–water partition coefficient (Wildman–Crippen LogP) is 2.08. The number of Topliss-reactive ketones (excluding diaryl/α,β-unsaturated/α-hetero) is 1. The number of nitrogens with one attached hydrogen (secondary N) is 1. The molecule has 0 saturated carbocycles. The Morgan fingerprint density at radius 1 is 1.18 bits per heavy atom. The van der Waals surface area contributed by atoms with Gasteiger partial charge in [-0.1, -0.05) is 0 Å². The smallest absolute Gasteiger partial charge is 0.144 e. The highest BCUT2D eigenvalue weighted by atomic mass is 32.1. The van der Waals surface area contributed by atoms with Gasteiger partial charge >= 0.3 is 0 Å². The van der Waals surface area contributed by atoms with E-state index in [1.54, 1.807) is 23.0 Å². The van der Waals surface area contributed by atoms with Gasteiger partial charge in [0.05, 0.1) is 16.1 Å². The number of fused-ring (bicyclic) bond motifs is 1. The lowest BCUT2D eigenvalue weighted by Crippen LogP contribution is -2.47. The van der Waals surface area contributed by atoms with Crippen molar-refractivity contribution in [1.82, 2.24) is 20.3 Å². The zero-order valence-corrected chi connectivity index (χ0v) is 12.6. The molecule has 0 radical (unpaired) electrons. The molecular weight excluding hydrogens is 296 g/mol. The average Bonchev–Trinajstić information content (AvgIpc) is 2.98. The minimum atomic E-state index is 0.155. The van der Waals surface area contributed by atoms with Crippen LogP contribution in [0.5, 0.6) is 0 Å².